The molecule has 1 saturated carbocycles. The van der Waals surface area contributed by atoms with Crippen LogP contribution in [0.5, 0.6) is 0 Å². The van der Waals surface area contributed by atoms with Gasteiger partial charge < -0.3 is 9.80 Å². The summed E-state index contributed by atoms with van der Waals surface area (Å²) in [5.41, 5.74) is 2.32. The number of anilines is 1. The molecule has 146 valence electrons. The molecule has 1 spiro atoms. The van der Waals surface area contributed by atoms with Crippen molar-refractivity contribution in [3.63, 3.8) is 0 Å². The van der Waals surface area contributed by atoms with Crippen molar-refractivity contribution in [1.82, 2.24) is 19.9 Å². The average molecular weight is 377 g/mol. The van der Waals surface area contributed by atoms with Crippen LogP contribution in [0, 0.1) is 5.41 Å². The third-order valence-electron chi connectivity index (χ3n) is 6.48. The molecule has 0 N–H and O–H groups in total. The van der Waals surface area contributed by atoms with Gasteiger partial charge in [0.2, 0.25) is 5.91 Å². The number of nitrogens with zero attached hydrogens (tertiary/aromatic N) is 5. The SMILES string of the molecule is O=C1CC[C@]2(CCCN(c3cc(C4CC4)ncn3)C2)CN1Cc1ccccn1. The van der Waals surface area contributed by atoms with Gasteiger partial charge in [-0.25, -0.2) is 9.97 Å². The molecular weight excluding hydrogens is 350 g/mol. The quantitative estimate of drug-likeness (QED) is 0.819. The summed E-state index contributed by atoms with van der Waals surface area (Å²) in [4.78, 5) is 30.5. The van der Waals surface area contributed by atoms with E-state index in [4.69, 9.17) is 0 Å². The Balaban J connectivity index is 1.32. The molecule has 3 aliphatic rings. The fraction of sp³-hybridized carbons (Fsp3) is 0.545. The zero-order chi connectivity index (χ0) is 19.0. The van der Waals surface area contributed by atoms with Crippen LogP contribution in [0.2, 0.25) is 0 Å². The van der Waals surface area contributed by atoms with Crippen molar-refractivity contribution in [3.05, 3.63) is 48.2 Å². The second kappa shape index (κ2) is 7.15. The monoisotopic (exact) mass is 377 g/mol. The van der Waals surface area contributed by atoms with E-state index in [2.05, 4.69) is 25.9 Å². The first-order valence-electron chi connectivity index (χ1n) is 10.5. The smallest absolute Gasteiger partial charge is 0.222 e. The van der Waals surface area contributed by atoms with Crippen LogP contribution in [0.4, 0.5) is 5.82 Å². The summed E-state index contributed by atoms with van der Waals surface area (Å²) in [7, 11) is 0. The van der Waals surface area contributed by atoms with Crippen molar-refractivity contribution in [2.45, 2.75) is 51.0 Å². The Hall–Kier alpha value is -2.50. The lowest BCUT2D eigenvalue weighted by Crippen LogP contribution is -2.54. The maximum atomic E-state index is 12.6. The Kier molecular flexibility index (Phi) is 4.49. The highest BCUT2D eigenvalue weighted by Crippen LogP contribution is 2.42. The summed E-state index contributed by atoms with van der Waals surface area (Å²) >= 11 is 0. The van der Waals surface area contributed by atoms with E-state index in [0.29, 0.717) is 18.9 Å². The zero-order valence-corrected chi connectivity index (χ0v) is 16.3. The molecule has 3 fully saturated rings. The van der Waals surface area contributed by atoms with Gasteiger partial charge in [0.25, 0.3) is 0 Å². The Morgan fingerprint density at radius 1 is 1.11 bits per heavy atom. The molecule has 2 aromatic heterocycles. The Bertz CT molecular complexity index is 853. The molecule has 28 heavy (non-hydrogen) atoms. The zero-order valence-electron chi connectivity index (χ0n) is 16.3. The van der Waals surface area contributed by atoms with E-state index in [-0.39, 0.29) is 11.3 Å². The van der Waals surface area contributed by atoms with Crippen LogP contribution in [0.15, 0.2) is 36.8 Å². The number of amides is 1. The van der Waals surface area contributed by atoms with Crippen LogP contribution in [-0.4, -0.2) is 45.4 Å². The van der Waals surface area contributed by atoms with E-state index in [1.807, 2.05) is 23.1 Å². The van der Waals surface area contributed by atoms with Crippen molar-refractivity contribution >= 4 is 11.7 Å². The number of carbonyl (C=O) groups is 1. The number of likely N-dealkylation sites (tertiary alicyclic amines) is 1. The van der Waals surface area contributed by atoms with Crippen molar-refractivity contribution in [3.8, 4) is 0 Å². The number of piperidine rings is 2. The molecule has 0 bridgehead atoms. The second-order valence-corrected chi connectivity index (χ2v) is 8.67. The molecule has 5 rings (SSSR count). The highest BCUT2D eigenvalue weighted by atomic mass is 16.2. The molecule has 1 atom stereocenters. The molecular formula is C22H27N5O. The number of rotatable bonds is 4. The van der Waals surface area contributed by atoms with Crippen LogP contribution >= 0.6 is 0 Å². The molecule has 2 aliphatic heterocycles. The lowest BCUT2D eigenvalue weighted by atomic mass is 9.73. The van der Waals surface area contributed by atoms with Gasteiger partial charge in [0.05, 0.1) is 12.2 Å². The molecule has 6 nitrogen and oxygen atoms in total. The van der Waals surface area contributed by atoms with Gasteiger partial charge in [0.1, 0.15) is 12.1 Å². The Morgan fingerprint density at radius 3 is 2.86 bits per heavy atom. The van der Waals surface area contributed by atoms with Crippen molar-refractivity contribution in [2.24, 2.45) is 5.41 Å². The topological polar surface area (TPSA) is 62.2 Å². The van der Waals surface area contributed by atoms with Crippen molar-refractivity contribution in [2.75, 3.05) is 24.5 Å². The van der Waals surface area contributed by atoms with E-state index in [9.17, 15) is 4.79 Å². The largest absolute Gasteiger partial charge is 0.356 e. The molecule has 0 radical (unpaired) electrons. The molecule has 1 aliphatic carbocycles. The number of hydrogen-bond acceptors (Lipinski definition) is 5. The van der Waals surface area contributed by atoms with Crippen LogP contribution in [0.3, 0.4) is 0 Å². The van der Waals surface area contributed by atoms with Crippen LogP contribution in [-0.2, 0) is 11.3 Å². The lowest BCUT2D eigenvalue weighted by molar-refractivity contribution is -0.138. The summed E-state index contributed by atoms with van der Waals surface area (Å²) < 4.78 is 0. The Morgan fingerprint density at radius 2 is 2.04 bits per heavy atom. The van der Waals surface area contributed by atoms with Crippen molar-refractivity contribution < 1.29 is 4.79 Å². The molecule has 0 aromatic carbocycles. The number of aromatic nitrogens is 3. The highest BCUT2D eigenvalue weighted by Gasteiger charge is 2.42. The van der Waals surface area contributed by atoms with Crippen molar-refractivity contribution in [1.29, 1.82) is 0 Å². The molecule has 1 amide bonds. The molecule has 4 heterocycles. The Labute approximate surface area is 166 Å². The standard InChI is InChI=1S/C22H27N5O/c28-21-7-9-22(15-27(21)13-18-4-1-2-10-23-18)8-3-11-26(14-22)20-12-19(17-5-6-17)24-16-25-20/h1-2,4,10,12,16-17H,3,5-9,11,13-15H2/t22-/m0/s1. The van der Waals surface area contributed by atoms with E-state index < -0.39 is 0 Å². The third-order valence-corrected chi connectivity index (χ3v) is 6.48. The maximum absolute atomic E-state index is 12.6. The van der Waals surface area contributed by atoms with Gasteiger partial charge >= 0.3 is 0 Å². The minimum atomic E-state index is 0.158. The first-order valence-corrected chi connectivity index (χ1v) is 10.5. The van der Waals surface area contributed by atoms with Gasteiger partial charge in [-0.2, -0.15) is 0 Å². The summed E-state index contributed by atoms with van der Waals surface area (Å²) in [5, 5.41) is 0. The molecule has 0 unspecified atom stereocenters. The lowest BCUT2D eigenvalue weighted by Gasteiger charge is -2.48. The second-order valence-electron chi connectivity index (χ2n) is 8.67. The van der Waals surface area contributed by atoms with Gasteiger partial charge in [-0.15, -0.1) is 0 Å². The number of pyridine rings is 1. The molecule has 6 heteroatoms. The maximum Gasteiger partial charge on any atom is 0.222 e. The first-order chi connectivity index (χ1) is 13.7. The van der Waals surface area contributed by atoms with E-state index in [1.165, 1.54) is 25.0 Å². The average Bonchev–Trinajstić information content (AvgIpc) is 3.58. The number of hydrogen-bond donors (Lipinski definition) is 0. The fourth-order valence-corrected chi connectivity index (χ4v) is 4.81. The summed E-state index contributed by atoms with van der Waals surface area (Å²) in [5.74, 6) is 1.96. The van der Waals surface area contributed by atoms with E-state index >= 15 is 0 Å². The molecule has 2 saturated heterocycles. The minimum absolute atomic E-state index is 0.158. The highest BCUT2D eigenvalue weighted by molar-refractivity contribution is 5.77. The summed E-state index contributed by atoms with van der Waals surface area (Å²) in [6.45, 7) is 3.44. The van der Waals surface area contributed by atoms with Gasteiger partial charge in [0.15, 0.2) is 0 Å². The van der Waals surface area contributed by atoms with Gasteiger partial charge in [-0.05, 0) is 44.2 Å². The normalized spacial score (nSPS) is 25.4. The first kappa shape index (κ1) is 17.6. The fourth-order valence-electron chi connectivity index (χ4n) is 4.81. The predicted octanol–water partition coefficient (Wildman–Crippen LogP) is 3.16. The van der Waals surface area contributed by atoms with Crippen LogP contribution in [0.1, 0.15) is 55.8 Å². The van der Waals surface area contributed by atoms with Gasteiger partial charge in [-0.1, -0.05) is 6.07 Å². The predicted molar refractivity (Wildman–Crippen MR) is 107 cm³/mol. The molecule has 2 aromatic rings. The van der Waals surface area contributed by atoms with Gasteiger partial charge in [0, 0.05) is 55.3 Å². The number of carbonyl (C=O) groups excluding carboxylic acids is 1. The summed E-state index contributed by atoms with van der Waals surface area (Å²) in [6.07, 6.45) is 9.97. The van der Waals surface area contributed by atoms with Crippen LogP contribution in [0.25, 0.3) is 0 Å². The van der Waals surface area contributed by atoms with E-state index in [0.717, 1.165) is 44.0 Å². The van der Waals surface area contributed by atoms with Crippen LogP contribution < -0.4 is 4.90 Å². The minimum Gasteiger partial charge on any atom is -0.356 e. The van der Waals surface area contributed by atoms with Gasteiger partial charge in [-0.3, -0.25) is 9.78 Å². The van der Waals surface area contributed by atoms with E-state index in [1.54, 1.807) is 12.5 Å². The summed E-state index contributed by atoms with van der Waals surface area (Å²) in [6, 6.07) is 8.10. The third kappa shape index (κ3) is 3.60.